The van der Waals surface area contributed by atoms with E-state index in [0.717, 1.165) is 44.1 Å². The lowest BCUT2D eigenvalue weighted by Gasteiger charge is -2.67. The lowest BCUT2D eigenvalue weighted by atomic mass is 9.38. The summed E-state index contributed by atoms with van der Waals surface area (Å²) >= 11 is 0. The number of hydrogen-bond donors (Lipinski definition) is 6. The summed E-state index contributed by atoms with van der Waals surface area (Å²) in [7, 11) is 1.82. The highest BCUT2D eigenvalue weighted by Crippen LogP contribution is 2.75. The van der Waals surface area contributed by atoms with E-state index in [0.29, 0.717) is 5.92 Å². The number of aliphatic hydroxyl groups is 6. The second kappa shape index (κ2) is 12.8. The molecular formula is C37H62O9. The van der Waals surface area contributed by atoms with E-state index in [1.54, 1.807) is 0 Å². The molecule has 6 N–H and O–H groups in total. The van der Waals surface area contributed by atoms with Crippen molar-refractivity contribution in [2.75, 3.05) is 13.7 Å². The van der Waals surface area contributed by atoms with E-state index in [1.807, 2.05) is 27.0 Å². The lowest BCUT2D eigenvalue weighted by molar-refractivity contribution is -0.314. The van der Waals surface area contributed by atoms with Gasteiger partial charge in [-0.2, -0.15) is 0 Å². The van der Waals surface area contributed by atoms with E-state index in [1.165, 1.54) is 5.57 Å². The van der Waals surface area contributed by atoms with E-state index in [2.05, 4.69) is 47.6 Å². The number of fused-ring (bicyclic) bond motifs is 5. The minimum atomic E-state index is -1.55. The lowest BCUT2D eigenvalue weighted by Crippen LogP contribution is -2.63. The average molecular weight is 651 g/mol. The van der Waals surface area contributed by atoms with Gasteiger partial charge in [-0.15, -0.1) is 0 Å². The molecule has 1 heterocycles. The van der Waals surface area contributed by atoms with E-state index < -0.39 is 49.5 Å². The minimum absolute atomic E-state index is 0.0317. The molecule has 46 heavy (non-hydrogen) atoms. The number of aliphatic hydroxyl groups excluding tert-OH is 6. The van der Waals surface area contributed by atoms with Gasteiger partial charge in [0.25, 0.3) is 0 Å². The Morgan fingerprint density at radius 3 is 2.24 bits per heavy atom. The standard InChI is InChI=1S/C37H62O9/c1-19(2)16-24(45-33-31(43)30(42)29(41)26(18-38)46-33)28(40)20(3)21-12-13-37(8)32-25(44-9)17-23-22(10-11-27(39)34(23,4)5)35(32,6)14-15-36(21,37)7/h16-17,20-22,24-33,38-43H,10-15,18H2,1-9H3/t20-,21+,22+,24?,25-,26+,27-,28?,29+,30-,31+,32+,33+,35-,36+,37-/m0/s1. The van der Waals surface area contributed by atoms with Gasteiger partial charge in [0.2, 0.25) is 0 Å². The Morgan fingerprint density at radius 2 is 1.63 bits per heavy atom. The molecule has 0 bridgehead atoms. The van der Waals surface area contributed by atoms with Crippen LogP contribution in [-0.4, -0.2) is 99.5 Å². The first-order valence-electron chi connectivity index (χ1n) is 17.6. The Bertz CT molecular complexity index is 1160. The Hall–Kier alpha value is -0.880. The van der Waals surface area contributed by atoms with Gasteiger partial charge in [0, 0.05) is 18.4 Å². The first-order chi connectivity index (χ1) is 21.4. The van der Waals surface area contributed by atoms with E-state index >= 15 is 0 Å². The maximum atomic E-state index is 12.0. The van der Waals surface area contributed by atoms with E-state index in [-0.39, 0.29) is 51.6 Å². The van der Waals surface area contributed by atoms with Gasteiger partial charge >= 0.3 is 0 Å². The molecule has 5 aliphatic rings. The second-order valence-corrected chi connectivity index (χ2v) is 17.0. The third-order valence-electron chi connectivity index (χ3n) is 14.2. The zero-order valence-electron chi connectivity index (χ0n) is 29.5. The van der Waals surface area contributed by atoms with Crippen LogP contribution in [0.1, 0.15) is 93.9 Å². The van der Waals surface area contributed by atoms with Crippen LogP contribution in [0.2, 0.25) is 0 Å². The number of hydrogen-bond acceptors (Lipinski definition) is 9. The summed E-state index contributed by atoms with van der Waals surface area (Å²) in [6, 6.07) is 0. The summed E-state index contributed by atoms with van der Waals surface area (Å²) in [5.41, 5.74) is 1.90. The van der Waals surface area contributed by atoms with Crippen LogP contribution >= 0.6 is 0 Å². The SMILES string of the molecule is CO[C@H]1C=C2[C@@H](CC[C@H](O)C2(C)C)[C@]2(C)CC[C@]3(C)[C@@H]([C@H](C)C(O)C(C=C(C)C)O[C@@H]4O[C@H](CO)[C@@H](O)[C@H](O)[C@H]4O)CC[C@@]3(C)[C@H]12. The molecule has 1 saturated heterocycles. The summed E-state index contributed by atoms with van der Waals surface area (Å²) in [6.07, 6.45) is 0.870. The number of methoxy groups -OCH3 is 1. The van der Waals surface area contributed by atoms with E-state index in [4.69, 9.17) is 14.2 Å². The summed E-state index contributed by atoms with van der Waals surface area (Å²) in [4.78, 5) is 0. The van der Waals surface area contributed by atoms with Crippen molar-refractivity contribution in [2.24, 2.45) is 45.3 Å². The number of ether oxygens (including phenoxy) is 3. The molecule has 264 valence electrons. The minimum Gasteiger partial charge on any atom is -0.394 e. The highest BCUT2D eigenvalue weighted by Gasteiger charge is 2.70. The van der Waals surface area contributed by atoms with Gasteiger partial charge in [-0.25, -0.2) is 0 Å². The molecule has 2 unspecified atom stereocenters. The molecule has 0 aromatic heterocycles. The molecule has 9 nitrogen and oxygen atoms in total. The first-order valence-corrected chi connectivity index (χ1v) is 17.6. The van der Waals surface area contributed by atoms with Crippen molar-refractivity contribution >= 4 is 0 Å². The van der Waals surface area contributed by atoms with Crippen molar-refractivity contribution in [3.05, 3.63) is 23.3 Å². The quantitative estimate of drug-likeness (QED) is 0.216. The third-order valence-corrected chi connectivity index (χ3v) is 14.2. The van der Waals surface area contributed by atoms with Gasteiger partial charge in [-0.05, 0) is 86.4 Å². The van der Waals surface area contributed by atoms with Crippen LogP contribution in [0.3, 0.4) is 0 Å². The largest absolute Gasteiger partial charge is 0.394 e. The van der Waals surface area contributed by atoms with Crippen molar-refractivity contribution in [1.82, 2.24) is 0 Å². The predicted octanol–water partition coefficient (Wildman–Crippen LogP) is 3.73. The molecule has 0 spiro atoms. The van der Waals surface area contributed by atoms with E-state index in [9.17, 15) is 30.6 Å². The van der Waals surface area contributed by atoms with Crippen LogP contribution in [0.25, 0.3) is 0 Å². The van der Waals surface area contributed by atoms with Gasteiger partial charge in [-0.3, -0.25) is 0 Å². The number of rotatable bonds is 8. The van der Waals surface area contributed by atoms with Crippen molar-refractivity contribution < 1.29 is 44.8 Å². The topological polar surface area (TPSA) is 149 Å². The molecule has 0 radical (unpaired) electrons. The molecule has 0 aromatic rings. The van der Waals surface area contributed by atoms with Gasteiger partial charge in [0.1, 0.15) is 30.5 Å². The fourth-order valence-electron chi connectivity index (χ4n) is 11.2. The molecule has 0 amide bonds. The normalized spacial score (nSPS) is 48.7. The smallest absolute Gasteiger partial charge is 0.187 e. The Labute approximate surface area is 276 Å². The van der Waals surface area contributed by atoms with Gasteiger partial charge in [0.05, 0.1) is 24.9 Å². The van der Waals surface area contributed by atoms with Gasteiger partial charge in [0.15, 0.2) is 6.29 Å². The second-order valence-electron chi connectivity index (χ2n) is 17.0. The Kier molecular flexibility index (Phi) is 10.1. The highest BCUT2D eigenvalue weighted by atomic mass is 16.7. The molecule has 5 rings (SSSR count). The maximum Gasteiger partial charge on any atom is 0.187 e. The monoisotopic (exact) mass is 650 g/mol. The molecule has 16 atom stereocenters. The van der Waals surface area contributed by atoms with Crippen LogP contribution in [0.4, 0.5) is 0 Å². The highest BCUT2D eigenvalue weighted by molar-refractivity contribution is 5.33. The molecule has 3 saturated carbocycles. The summed E-state index contributed by atoms with van der Waals surface area (Å²) in [5, 5.41) is 64.0. The maximum absolute atomic E-state index is 12.0. The Morgan fingerprint density at radius 1 is 0.957 bits per heavy atom. The fraction of sp³-hybridized carbons (Fsp3) is 0.892. The molecule has 1 aliphatic heterocycles. The third kappa shape index (κ3) is 5.48. The van der Waals surface area contributed by atoms with Crippen LogP contribution in [0.5, 0.6) is 0 Å². The Balaban J connectivity index is 1.43. The summed E-state index contributed by atoms with van der Waals surface area (Å²) < 4.78 is 18.2. The fourth-order valence-corrected chi connectivity index (χ4v) is 11.2. The summed E-state index contributed by atoms with van der Waals surface area (Å²) in [5.74, 6) is 0.716. The molecular weight excluding hydrogens is 588 g/mol. The number of allylic oxidation sites excluding steroid dienone is 1. The van der Waals surface area contributed by atoms with Crippen molar-refractivity contribution in [2.45, 2.75) is 149 Å². The average Bonchev–Trinajstić information content (AvgIpc) is 3.28. The van der Waals surface area contributed by atoms with Gasteiger partial charge in [-0.1, -0.05) is 64.8 Å². The molecule has 4 fully saturated rings. The first kappa shape index (κ1) is 36.4. The summed E-state index contributed by atoms with van der Waals surface area (Å²) in [6.45, 7) is 17.1. The predicted molar refractivity (Wildman–Crippen MR) is 174 cm³/mol. The zero-order chi connectivity index (χ0) is 34.1. The molecule has 4 aliphatic carbocycles. The molecule has 9 heteroatoms. The van der Waals surface area contributed by atoms with Gasteiger partial charge < -0.3 is 44.8 Å². The van der Waals surface area contributed by atoms with Crippen molar-refractivity contribution in [1.29, 1.82) is 0 Å². The van der Waals surface area contributed by atoms with Crippen LogP contribution in [0, 0.1) is 45.3 Å². The molecule has 0 aromatic carbocycles. The van der Waals surface area contributed by atoms with Crippen LogP contribution < -0.4 is 0 Å². The van der Waals surface area contributed by atoms with Crippen LogP contribution in [-0.2, 0) is 14.2 Å². The van der Waals surface area contributed by atoms with Crippen LogP contribution in [0.15, 0.2) is 23.3 Å². The van der Waals surface area contributed by atoms with Crippen molar-refractivity contribution in [3.8, 4) is 0 Å². The van der Waals surface area contributed by atoms with Crippen molar-refractivity contribution in [3.63, 3.8) is 0 Å². The zero-order valence-corrected chi connectivity index (χ0v) is 29.5.